The minimum Gasteiger partial charge on any atom is -0.337 e. The van der Waals surface area contributed by atoms with Crippen LogP contribution in [0.3, 0.4) is 0 Å². The van der Waals surface area contributed by atoms with Crippen molar-refractivity contribution in [3.63, 3.8) is 0 Å². The highest BCUT2D eigenvalue weighted by Gasteiger charge is 2.41. The molecule has 0 atom stereocenters. The van der Waals surface area contributed by atoms with Crippen molar-refractivity contribution in [1.82, 2.24) is 25.2 Å². The lowest BCUT2D eigenvalue weighted by atomic mass is 9.78. The predicted octanol–water partition coefficient (Wildman–Crippen LogP) is 1.90. The fourth-order valence-electron chi connectivity index (χ4n) is 3.68. The van der Waals surface area contributed by atoms with Gasteiger partial charge in [0, 0.05) is 13.1 Å². The number of para-hydroxylation sites is 1. The third kappa shape index (κ3) is 3.16. The summed E-state index contributed by atoms with van der Waals surface area (Å²) in [5.74, 6) is 0.00240. The van der Waals surface area contributed by atoms with Gasteiger partial charge in [0.25, 0.3) is 5.91 Å². The lowest BCUT2D eigenvalue weighted by molar-refractivity contribution is 0.0755. The molecule has 128 valence electrons. The molecule has 1 spiro atoms. The first-order valence-electron chi connectivity index (χ1n) is 8.24. The Bertz CT molecular complexity index is 696. The molecule has 2 aliphatic heterocycles. The highest BCUT2D eigenvalue weighted by atomic mass is 35.5. The van der Waals surface area contributed by atoms with Crippen molar-refractivity contribution in [3.05, 3.63) is 42.2 Å². The molecule has 0 aliphatic carbocycles. The summed E-state index contributed by atoms with van der Waals surface area (Å²) in [6, 6.07) is 9.66. The Morgan fingerprint density at radius 2 is 1.88 bits per heavy atom. The highest BCUT2D eigenvalue weighted by molar-refractivity contribution is 5.92. The maximum Gasteiger partial charge on any atom is 0.276 e. The molecule has 1 aromatic carbocycles. The molecule has 24 heavy (non-hydrogen) atoms. The molecule has 0 unspecified atom stereocenters. The Balaban J connectivity index is 0.00000169. The van der Waals surface area contributed by atoms with E-state index < -0.39 is 0 Å². The van der Waals surface area contributed by atoms with Crippen molar-refractivity contribution in [1.29, 1.82) is 0 Å². The molecule has 2 fully saturated rings. The zero-order chi connectivity index (χ0) is 15.7. The predicted molar refractivity (Wildman–Crippen MR) is 93.7 cm³/mol. The Morgan fingerprint density at radius 1 is 1.12 bits per heavy atom. The molecule has 1 aromatic heterocycles. The van der Waals surface area contributed by atoms with Gasteiger partial charge in [0.1, 0.15) is 0 Å². The van der Waals surface area contributed by atoms with E-state index in [1.807, 2.05) is 35.2 Å². The van der Waals surface area contributed by atoms with Crippen LogP contribution in [0.25, 0.3) is 5.69 Å². The monoisotopic (exact) mass is 347 g/mol. The van der Waals surface area contributed by atoms with Gasteiger partial charge < -0.3 is 10.2 Å². The zero-order valence-corrected chi connectivity index (χ0v) is 14.3. The van der Waals surface area contributed by atoms with Gasteiger partial charge >= 0.3 is 0 Å². The summed E-state index contributed by atoms with van der Waals surface area (Å²) in [5.41, 5.74) is 1.61. The summed E-state index contributed by atoms with van der Waals surface area (Å²) in [7, 11) is 0. The SMILES string of the molecule is Cl.O=C(c1cnn(-c2ccccc2)n1)N1CCC2(CCNCC2)C1. The molecular formula is C17H22ClN5O. The molecule has 2 aromatic rings. The van der Waals surface area contributed by atoms with Crippen LogP contribution in [0.1, 0.15) is 29.8 Å². The molecule has 4 rings (SSSR count). The van der Waals surface area contributed by atoms with E-state index in [1.165, 1.54) is 4.80 Å². The Labute approximate surface area is 147 Å². The highest BCUT2D eigenvalue weighted by Crippen LogP contribution is 2.38. The summed E-state index contributed by atoms with van der Waals surface area (Å²) >= 11 is 0. The summed E-state index contributed by atoms with van der Waals surface area (Å²) in [4.78, 5) is 16.2. The van der Waals surface area contributed by atoms with Crippen LogP contribution in [-0.4, -0.2) is 52.0 Å². The van der Waals surface area contributed by atoms with E-state index in [-0.39, 0.29) is 18.3 Å². The zero-order valence-electron chi connectivity index (χ0n) is 13.5. The average Bonchev–Trinajstić information content (AvgIpc) is 3.24. The molecule has 2 aliphatic rings. The number of aromatic nitrogens is 3. The second kappa shape index (κ2) is 6.91. The van der Waals surface area contributed by atoms with E-state index in [4.69, 9.17) is 0 Å². The van der Waals surface area contributed by atoms with Crippen LogP contribution in [0.15, 0.2) is 36.5 Å². The number of amides is 1. The number of carbonyl (C=O) groups excluding carboxylic acids is 1. The van der Waals surface area contributed by atoms with Crippen LogP contribution < -0.4 is 5.32 Å². The smallest absolute Gasteiger partial charge is 0.276 e. The number of likely N-dealkylation sites (tertiary alicyclic amines) is 1. The second-order valence-electron chi connectivity index (χ2n) is 6.58. The van der Waals surface area contributed by atoms with Crippen molar-refractivity contribution in [2.45, 2.75) is 19.3 Å². The maximum atomic E-state index is 12.7. The summed E-state index contributed by atoms with van der Waals surface area (Å²) < 4.78 is 0. The van der Waals surface area contributed by atoms with E-state index in [0.717, 1.165) is 51.1 Å². The number of nitrogens with one attached hydrogen (secondary N) is 1. The van der Waals surface area contributed by atoms with E-state index in [0.29, 0.717) is 11.1 Å². The van der Waals surface area contributed by atoms with Crippen LogP contribution >= 0.6 is 12.4 Å². The number of hydrogen-bond acceptors (Lipinski definition) is 4. The average molecular weight is 348 g/mol. The molecule has 0 bridgehead atoms. The third-order valence-corrected chi connectivity index (χ3v) is 5.09. The lowest BCUT2D eigenvalue weighted by Crippen LogP contribution is -2.39. The molecule has 7 heteroatoms. The fourth-order valence-corrected chi connectivity index (χ4v) is 3.68. The minimum absolute atomic E-state index is 0. The lowest BCUT2D eigenvalue weighted by Gasteiger charge is -2.33. The van der Waals surface area contributed by atoms with Crippen molar-refractivity contribution in [2.75, 3.05) is 26.2 Å². The molecular weight excluding hydrogens is 326 g/mol. The Morgan fingerprint density at radius 3 is 2.62 bits per heavy atom. The molecule has 1 N–H and O–H groups in total. The quantitative estimate of drug-likeness (QED) is 0.901. The maximum absolute atomic E-state index is 12.7. The van der Waals surface area contributed by atoms with Gasteiger partial charge in [-0.05, 0) is 49.9 Å². The van der Waals surface area contributed by atoms with Crippen LogP contribution in [0.2, 0.25) is 0 Å². The van der Waals surface area contributed by atoms with E-state index in [2.05, 4.69) is 15.5 Å². The largest absolute Gasteiger partial charge is 0.337 e. The summed E-state index contributed by atoms with van der Waals surface area (Å²) in [6.45, 7) is 3.81. The van der Waals surface area contributed by atoms with Crippen molar-refractivity contribution < 1.29 is 4.79 Å². The first-order chi connectivity index (χ1) is 11.3. The third-order valence-electron chi connectivity index (χ3n) is 5.09. The van der Waals surface area contributed by atoms with Crippen molar-refractivity contribution in [3.8, 4) is 5.69 Å². The van der Waals surface area contributed by atoms with Crippen LogP contribution in [0.4, 0.5) is 0 Å². The van der Waals surface area contributed by atoms with Gasteiger partial charge in [0.2, 0.25) is 0 Å². The van der Waals surface area contributed by atoms with Gasteiger partial charge in [-0.2, -0.15) is 9.90 Å². The Kier molecular flexibility index (Phi) is 4.87. The fraction of sp³-hybridized carbons (Fsp3) is 0.471. The second-order valence-corrected chi connectivity index (χ2v) is 6.58. The minimum atomic E-state index is 0. The van der Waals surface area contributed by atoms with Crippen molar-refractivity contribution >= 4 is 18.3 Å². The summed E-state index contributed by atoms with van der Waals surface area (Å²) in [6.07, 6.45) is 5.00. The normalized spacial score (nSPS) is 19.2. The number of piperidine rings is 1. The number of benzene rings is 1. The van der Waals surface area contributed by atoms with E-state index in [9.17, 15) is 4.79 Å². The molecule has 0 saturated carbocycles. The van der Waals surface area contributed by atoms with Crippen molar-refractivity contribution in [2.24, 2.45) is 5.41 Å². The first kappa shape index (κ1) is 16.9. The van der Waals surface area contributed by atoms with Crippen LogP contribution in [-0.2, 0) is 0 Å². The number of rotatable bonds is 2. The van der Waals surface area contributed by atoms with Gasteiger partial charge in [0.05, 0.1) is 11.9 Å². The standard InChI is InChI=1S/C17H21N5O.ClH/c23-16(21-11-8-17(13-21)6-9-18-10-7-17)15-12-19-22(20-15)14-4-2-1-3-5-14;/h1-5,12,18H,6-11,13H2;1H. The van der Waals surface area contributed by atoms with Gasteiger partial charge in [0.15, 0.2) is 5.69 Å². The molecule has 1 amide bonds. The van der Waals surface area contributed by atoms with E-state index in [1.54, 1.807) is 6.20 Å². The van der Waals surface area contributed by atoms with Gasteiger partial charge in [-0.1, -0.05) is 18.2 Å². The first-order valence-corrected chi connectivity index (χ1v) is 8.24. The molecule has 3 heterocycles. The number of halogens is 1. The number of nitrogens with zero attached hydrogens (tertiary/aromatic N) is 4. The van der Waals surface area contributed by atoms with Gasteiger partial charge in [-0.15, -0.1) is 17.5 Å². The number of hydrogen-bond donors (Lipinski definition) is 1. The number of carbonyl (C=O) groups is 1. The molecule has 6 nitrogen and oxygen atoms in total. The van der Waals surface area contributed by atoms with E-state index >= 15 is 0 Å². The van der Waals surface area contributed by atoms with Crippen LogP contribution in [0, 0.1) is 5.41 Å². The summed E-state index contributed by atoms with van der Waals surface area (Å²) in [5, 5.41) is 12.0. The van der Waals surface area contributed by atoms with Gasteiger partial charge in [-0.3, -0.25) is 4.79 Å². The van der Waals surface area contributed by atoms with Gasteiger partial charge in [-0.25, -0.2) is 0 Å². The molecule has 2 saturated heterocycles. The van der Waals surface area contributed by atoms with Crippen LogP contribution in [0.5, 0.6) is 0 Å². The molecule has 0 radical (unpaired) electrons. The Hall–Kier alpha value is -1.92. The topological polar surface area (TPSA) is 63.1 Å².